The van der Waals surface area contributed by atoms with E-state index in [-0.39, 0.29) is 0 Å². The molecule has 1 aliphatic rings. The lowest BCUT2D eigenvalue weighted by Crippen LogP contribution is -2.17. The first kappa shape index (κ1) is 13.8. The van der Waals surface area contributed by atoms with Crippen LogP contribution in [0.2, 0.25) is 0 Å². The van der Waals surface area contributed by atoms with Crippen molar-refractivity contribution in [2.75, 3.05) is 30.9 Å². The highest BCUT2D eigenvalue weighted by Crippen LogP contribution is 2.25. The summed E-state index contributed by atoms with van der Waals surface area (Å²) in [6.07, 6.45) is 2.40. The number of nitrogens with one attached hydrogen (secondary N) is 1. The summed E-state index contributed by atoms with van der Waals surface area (Å²) >= 11 is 0. The third-order valence-corrected chi connectivity index (χ3v) is 4.02. The van der Waals surface area contributed by atoms with E-state index in [1.165, 1.54) is 35.3 Å². The molecule has 0 radical (unpaired) electrons. The number of ether oxygens (including phenoxy) is 1. The van der Waals surface area contributed by atoms with Crippen molar-refractivity contribution >= 4 is 11.4 Å². The van der Waals surface area contributed by atoms with Crippen LogP contribution in [-0.4, -0.2) is 20.7 Å². The Balaban J connectivity index is 1.76. The van der Waals surface area contributed by atoms with Gasteiger partial charge < -0.3 is 15.0 Å². The van der Waals surface area contributed by atoms with Gasteiger partial charge in [-0.05, 0) is 42.2 Å². The molecule has 1 N–H and O–H groups in total. The van der Waals surface area contributed by atoms with E-state index in [4.69, 9.17) is 4.74 Å². The van der Waals surface area contributed by atoms with E-state index in [2.05, 4.69) is 47.6 Å². The maximum Gasteiger partial charge on any atom is 0.120 e. The predicted octanol–water partition coefficient (Wildman–Crippen LogP) is 3.69. The van der Waals surface area contributed by atoms with Crippen molar-refractivity contribution < 1.29 is 4.74 Å². The number of aryl methyl sites for hydroxylation is 1. The molecule has 3 nitrogen and oxygen atoms in total. The van der Waals surface area contributed by atoms with Gasteiger partial charge in [0.2, 0.25) is 0 Å². The van der Waals surface area contributed by atoms with Crippen molar-refractivity contribution in [1.29, 1.82) is 0 Å². The fourth-order valence-corrected chi connectivity index (χ4v) is 2.84. The topological polar surface area (TPSA) is 24.5 Å². The van der Waals surface area contributed by atoms with Crippen molar-refractivity contribution in [3.05, 3.63) is 53.6 Å². The van der Waals surface area contributed by atoms with E-state index in [1.54, 1.807) is 7.11 Å². The first-order valence-corrected chi connectivity index (χ1v) is 7.47. The minimum absolute atomic E-state index is 0.897. The van der Waals surface area contributed by atoms with Crippen LogP contribution in [0.25, 0.3) is 0 Å². The van der Waals surface area contributed by atoms with Crippen LogP contribution in [0.1, 0.15) is 17.5 Å². The number of rotatable bonds is 4. The summed E-state index contributed by atoms with van der Waals surface area (Å²) in [4.78, 5) is 2.25. The van der Waals surface area contributed by atoms with E-state index in [1.807, 2.05) is 12.1 Å². The van der Waals surface area contributed by atoms with Crippen LogP contribution >= 0.6 is 0 Å². The third-order valence-electron chi connectivity index (χ3n) is 4.02. The molecule has 0 spiro atoms. The zero-order valence-electron chi connectivity index (χ0n) is 12.7. The number of benzene rings is 2. The third kappa shape index (κ3) is 3.13. The van der Waals surface area contributed by atoms with Gasteiger partial charge in [0.15, 0.2) is 0 Å². The number of anilines is 2. The molecule has 0 fully saturated rings. The Kier molecular flexibility index (Phi) is 4.00. The normalized spacial score (nSPS) is 13.2. The first-order chi connectivity index (χ1) is 10.3. The number of nitrogens with zero attached hydrogens (tertiary/aromatic N) is 1. The lowest BCUT2D eigenvalue weighted by atomic mass is 10.0. The highest BCUT2D eigenvalue weighted by Gasteiger charge is 2.10. The number of hydrogen-bond donors (Lipinski definition) is 1. The molecular weight excluding hydrogens is 260 g/mol. The SMILES string of the molecule is COc1cccc(N(C)Cc2ccc3c(c2)CCCN3)c1. The van der Waals surface area contributed by atoms with E-state index < -0.39 is 0 Å². The summed E-state index contributed by atoms with van der Waals surface area (Å²) in [7, 11) is 3.82. The van der Waals surface area contributed by atoms with Gasteiger partial charge in [-0.1, -0.05) is 18.2 Å². The van der Waals surface area contributed by atoms with Crippen molar-refractivity contribution in [2.45, 2.75) is 19.4 Å². The van der Waals surface area contributed by atoms with Crippen molar-refractivity contribution in [1.82, 2.24) is 0 Å². The number of fused-ring (bicyclic) bond motifs is 1. The Morgan fingerprint density at radius 3 is 2.95 bits per heavy atom. The predicted molar refractivity (Wildman–Crippen MR) is 88.4 cm³/mol. The second kappa shape index (κ2) is 6.08. The number of hydrogen-bond acceptors (Lipinski definition) is 3. The Hall–Kier alpha value is -2.16. The molecule has 0 bridgehead atoms. The second-order valence-corrected chi connectivity index (χ2v) is 5.58. The van der Waals surface area contributed by atoms with Crippen LogP contribution in [0.3, 0.4) is 0 Å². The van der Waals surface area contributed by atoms with Gasteiger partial charge in [0.25, 0.3) is 0 Å². The zero-order valence-corrected chi connectivity index (χ0v) is 12.7. The largest absolute Gasteiger partial charge is 0.497 e. The molecule has 3 rings (SSSR count). The quantitative estimate of drug-likeness (QED) is 0.925. The molecule has 0 saturated heterocycles. The van der Waals surface area contributed by atoms with Crippen LogP contribution in [0.5, 0.6) is 5.75 Å². The first-order valence-electron chi connectivity index (χ1n) is 7.47. The summed E-state index contributed by atoms with van der Waals surface area (Å²) in [5.74, 6) is 0.897. The molecule has 1 aliphatic heterocycles. The van der Waals surface area contributed by atoms with Crippen LogP contribution in [-0.2, 0) is 13.0 Å². The van der Waals surface area contributed by atoms with Gasteiger partial charge >= 0.3 is 0 Å². The molecule has 2 aromatic carbocycles. The summed E-state index contributed by atoms with van der Waals surface area (Å²) < 4.78 is 5.29. The molecule has 3 heteroatoms. The molecule has 0 saturated carbocycles. The summed E-state index contributed by atoms with van der Waals surface area (Å²) in [5, 5.41) is 3.46. The average Bonchev–Trinajstić information content (AvgIpc) is 2.54. The molecule has 0 aromatic heterocycles. The maximum absolute atomic E-state index is 5.29. The standard InChI is InChI=1S/C18H22N2O/c1-20(16-6-3-7-17(12-16)21-2)13-14-8-9-18-15(11-14)5-4-10-19-18/h3,6-9,11-12,19H,4-5,10,13H2,1-2H3. The van der Waals surface area contributed by atoms with E-state index in [0.29, 0.717) is 0 Å². The Morgan fingerprint density at radius 1 is 1.19 bits per heavy atom. The molecule has 110 valence electrons. The Bertz CT molecular complexity index is 624. The fourth-order valence-electron chi connectivity index (χ4n) is 2.84. The fraction of sp³-hybridized carbons (Fsp3) is 0.333. The number of methoxy groups -OCH3 is 1. The van der Waals surface area contributed by atoms with Gasteiger partial charge in [0, 0.05) is 37.6 Å². The lowest BCUT2D eigenvalue weighted by molar-refractivity contribution is 0.415. The van der Waals surface area contributed by atoms with Gasteiger partial charge in [-0.3, -0.25) is 0 Å². The van der Waals surface area contributed by atoms with Crippen molar-refractivity contribution in [2.24, 2.45) is 0 Å². The van der Waals surface area contributed by atoms with Crippen LogP contribution in [0, 0.1) is 0 Å². The van der Waals surface area contributed by atoms with Gasteiger partial charge in [0.1, 0.15) is 5.75 Å². The van der Waals surface area contributed by atoms with Gasteiger partial charge in [0.05, 0.1) is 7.11 Å². The molecule has 0 amide bonds. The van der Waals surface area contributed by atoms with Crippen LogP contribution in [0.15, 0.2) is 42.5 Å². The second-order valence-electron chi connectivity index (χ2n) is 5.58. The zero-order chi connectivity index (χ0) is 14.7. The molecule has 0 atom stereocenters. The molecule has 1 heterocycles. The minimum Gasteiger partial charge on any atom is -0.497 e. The molecule has 21 heavy (non-hydrogen) atoms. The average molecular weight is 282 g/mol. The summed E-state index contributed by atoms with van der Waals surface area (Å²) in [6.45, 7) is 2.00. The van der Waals surface area contributed by atoms with Gasteiger partial charge in [-0.2, -0.15) is 0 Å². The van der Waals surface area contributed by atoms with Crippen molar-refractivity contribution in [3.8, 4) is 5.75 Å². The molecule has 2 aromatic rings. The summed E-state index contributed by atoms with van der Waals surface area (Å²) in [5.41, 5.74) is 5.26. The smallest absolute Gasteiger partial charge is 0.120 e. The minimum atomic E-state index is 0.897. The molecule has 0 unspecified atom stereocenters. The van der Waals surface area contributed by atoms with E-state index in [0.717, 1.165) is 18.8 Å². The summed E-state index contributed by atoms with van der Waals surface area (Å²) in [6, 6.07) is 14.9. The molecule has 0 aliphatic carbocycles. The lowest BCUT2D eigenvalue weighted by Gasteiger charge is -2.22. The molecular formula is C18H22N2O. The Morgan fingerprint density at radius 2 is 2.10 bits per heavy atom. The van der Waals surface area contributed by atoms with E-state index >= 15 is 0 Å². The van der Waals surface area contributed by atoms with Crippen LogP contribution < -0.4 is 15.0 Å². The van der Waals surface area contributed by atoms with Gasteiger partial charge in [-0.25, -0.2) is 0 Å². The Labute approximate surface area is 126 Å². The monoisotopic (exact) mass is 282 g/mol. The van der Waals surface area contributed by atoms with Gasteiger partial charge in [-0.15, -0.1) is 0 Å². The van der Waals surface area contributed by atoms with Crippen LogP contribution in [0.4, 0.5) is 11.4 Å². The van der Waals surface area contributed by atoms with E-state index in [9.17, 15) is 0 Å². The van der Waals surface area contributed by atoms with Crippen molar-refractivity contribution in [3.63, 3.8) is 0 Å². The highest BCUT2D eigenvalue weighted by atomic mass is 16.5. The maximum atomic E-state index is 5.29. The highest BCUT2D eigenvalue weighted by molar-refractivity contribution is 5.55.